The molecule has 3 fully saturated rings. The minimum absolute atomic E-state index is 0.672. The van der Waals surface area contributed by atoms with Crippen LogP contribution in [0.2, 0.25) is 0 Å². The predicted octanol–water partition coefficient (Wildman–Crippen LogP) is 6.91. The zero-order chi connectivity index (χ0) is 16.2. The Morgan fingerprint density at radius 2 is 1.74 bits per heavy atom. The molecule has 0 N–H and O–H groups in total. The molecule has 4 rings (SSSR count). The zero-order valence-electron chi connectivity index (χ0n) is 15.6. The van der Waals surface area contributed by atoms with Gasteiger partial charge in [0.25, 0.3) is 0 Å². The molecule has 1 aromatic carbocycles. The minimum Gasteiger partial charge on any atom is -0.0654 e. The van der Waals surface area contributed by atoms with Crippen molar-refractivity contribution >= 4 is 0 Å². The Morgan fingerprint density at radius 1 is 1.04 bits per heavy atom. The van der Waals surface area contributed by atoms with Crippen LogP contribution in [0.1, 0.15) is 95.6 Å². The Morgan fingerprint density at radius 3 is 2.26 bits per heavy atom. The maximum atomic E-state index is 2.48. The van der Waals surface area contributed by atoms with Crippen molar-refractivity contribution in [3.8, 4) is 0 Å². The zero-order valence-corrected chi connectivity index (χ0v) is 15.6. The normalized spacial score (nSPS) is 35.2. The van der Waals surface area contributed by atoms with E-state index in [9.17, 15) is 0 Å². The molecule has 23 heavy (non-hydrogen) atoms. The van der Waals surface area contributed by atoms with E-state index in [-0.39, 0.29) is 0 Å². The summed E-state index contributed by atoms with van der Waals surface area (Å²) >= 11 is 0. The fourth-order valence-corrected chi connectivity index (χ4v) is 6.32. The van der Waals surface area contributed by atoms with Crippen LogP contribution >= 0.6 is 0 Å². The number of hydrogen-bond donors (Lipinski definition) is 0. The predicted molar refractivity (Wildman–Crippen MR) is 98.8 cm³/mol. The van der Waals surface area contributed by atoms with Crippen LogP contribution in [0, 0.1) is 22.7 Å². The molecule has 0 saturated heterocycles. The first-order valence-electron chi connectivity index (χ1n) is 10.1. The van der Waals surface area contributed by atoms with Gasteiger partial charge >= 0.3 is 0 Å². The fourth-order valence-electron chi connectivity index (χ4n) is 6.32. The van der Waals surface area contributed by atoms with Crippen LogP contribution in [0.4, 0.5) is 0 Å². The van der Waals surface area contributed by atoms with Gasteiger partial charge in [-0.2, -0.15) is 0 Å². The van der Waals surface area contributed by atoms with Gasteiger partial charge in [0.2, 0.25) is 0 Å². The van der Waals surface area contributed by atoms with Crippen molar-refractivity contribution in [2.45, 2.75) is 84.5 Å². The van der Waals surface area contributed by atoms with Gasteiger partial charge in [0.05, 0.1) is 0 Å². The third kappa shape index (κ3) is 2.16. The minimum atomic E-state index is 0.672. The lowest BCUT2D eigenvalue weighted by Crippen LogP contribution is -2.36. The first kappa shape index (κ1) is 15.7. The summed E-state index contributed by atoms with van der Waals surface area (Å²) in [5.74, 6) is 3.28. The summed E-state index contributed by atoms with van der Waals surface area (Å²) < 4.78 is 0. The Bertz CT molecular complexity index is 562. The van der Waals surface area contributed by atoms with Crippen molar-refractivity contribution < 1.29 is 0 Å². The highest BCUT2D eigenvalue weighted by Gasteiger charge is 2.73. The van der Waals surface area contributed by atoms with E-state index in [0.29, 0.717) is 5.92 Å². The van der Waals surface area contributed by atoms with Crippen LogP contribution in [0.25, 0.3) is 0 Å². The molecule has 0 aromatic heterocycles. The molecule has 0 amide bonds. The Kier molecular flexibility index (Phi) is 3.67. The highest BCUT2D eigenvalue weighted by atomic mass is 14.8. The lowest BCUT2D eigenvalue weighted by molar-refractivity contribution is 0.0358. The summed E-state index contributed by atoms with van der Waals surface area (Å²) in [4.78, 5) is 0. The lowest BCUT2D eigenvalue weighted by Gasteiger charge is -2.47. The molecule has 4 atom stereocenters. The van der Waals surface area contributed by atoms with E-state index in [1.54, 1.807) is 5.56 Å². The summed E-state index contributed by atoms with van der Waals surface area (Å²) in [6.07, 6.45) is 10.5. The van der Waals surface area contributed by atoms with E-state index < -0.39 is 0 Å². The molecule has 1 spiro atoms. The number of fused-ring (bicyclic) bond motifs is 2. The van der Waals surface area contributed by atoms with Gasteiger partial charge in [-0.3, -0.25) is 0 Å². The maximum Gasteiger partial charge on any atom is -0.0122 e. The van der Waals surface area contributed by atoms with Crippen LogP contribution in [0.15, 0.2) is 24.3 Å². The van der Waals surface area contributed by atoms with Crippen molar-refractivity contribution in [1.82, 2.24) is 0 Å². The molecule has 1 aromatic rings. The van der Waals surface area contributed by atoms with Gasteiger partial charge in [-0.15, -0.1) is 0 Å². The number of hydrogen-bond acceptors (Lipinski definition) is 0. The highest BCUT2D eigenvalue weighted by molar-refractivity contribution is 5.35. The van der Waals surface area contributed by atoms with E-state index in [0.717, 1.165) is 28.6 Å². The summed E-state index contributed by atoms with van der Waals surface area (Å²) in [6, 6.07) is 9.81. The van der Waals surface area contributed by atoms with Crippen LogP contribution in [0.5, 0.6) is 0 Å². The Hall–Kier alpha value is -0.780. The van der Waals surface area contributed by atoms with Crippen molar-refractivity contribution in [3.05, 3.63) is 35.4 Å². The second kappa shape index (κ2) is 5.36. The fraction of sp³-hybridized carbons (Fsp3) is 0.739. The molecule has 0 radical (unpaired) electrons. The topological polar surface area (TPSA) is 0 Å². The monoisotopic (exact) mass is 310 g/mol. The summed E-state index contributed by atoms with van der Waals surface area (Å²) in [6.45, 7) is 9.43. The maximum absolute atomic E-state index is 2.48. The molecule has 3 aliphatic carbocycles. The molecule has 0 heterocycles. The van der Waals surface area contributed by atoms with Crippen LogP contribution < -0.4 is 0 Å². The molecule has 0 aliphatic heterocycles. The smallest absolute Gasteiger partial charge is 0.0122 e. The van der Waals surface area contributed by atoms with Crippen LogP contribution in [0.3, 0.4) is 0 Å². The molecule has 3 aliphatic rings. The van der Waals surface area contributed by atoms with Crippen molar-refractivity contribution in [1.29, 1.82) is 0 Å². The number of rotatable bonds is 5. The van der Waals surface area contributed by atoms with Gasteiger partial charge in [-0.1, -0.05) is 64.8 Å². The highest BCUT2D eigenvalue weighted by Crippen LogP contribution is 2.83. The van der Waals surface area contributed by atoms with E-state index in [2.05, 4.69) is 52.0 Å². The quantitative estimate of drug-likeness (QED) is 0.554. The van der Waals surface area contributed by atoms with Gasteiger partial charge in [0.15, 0.2) is 0 Å². The van der Waals surface area contributed by atoms with Crippen molar-refractivity contribution in [2.75, 3.05) is 0 Å². The molecule has 3 saturated carbocycles. The molecular formula is C23H34. The molecule has 4 unspecified atom stereocenters. The van der Waals surface area contributed by atoms with E-state index in [4.69, 9.17) is 0 Å². The molecular weight excluding hydrogens is 276 g/mol. The Balaban J connectivity index is 1.56. The third-order valence-electron chi connectivity index (χ3n) is 8.18. The summed E-state index contributed by atoms with van der Waals surface area (Å²) in [7, 11) is 0. The average Bonchev–Trinajstić information content (AvgIpc) is 3.15. The lowest BCUT2D eigenvalue weighted by atomic mass is 9.58. The van der Waals surface area contributed by atoms with Gasteiger partial charge in [-0.05, 0) is 77.7 Å². The number of benzene rings is 1. The first-order valence-corrected chi connectivity index (χ1v) is 10.1. The molecule has 0 heteroatoms. The molecule has 0 bridgehead atoms. The van der Waals surface area contributed by atoms with E-state index in [1.165, 1.54) is 50.5 Å². The SMILES string of the molecule is CCCC12CC1C(c1ccc(C(C)C(C)C)cc1)CC21CCC1. The third-order valence-corrected chi connectivity index (χ3v) is 8.18. The molecule has 0 nitrogen and oxygen atoms in total. The second-order valence-electron chi connectivity index (χ2n) is 9.36. The second-order valence-corrected chi connectivity index (χ2v) is 9.36. The average molecular weight is 311 g/mol. The molecule has 126 valence electrons. The largest absolute Gasteiger partial charge is 0.0654 e. The van der Waals surface area contributed by atoms with Crippen molar-refractivity contribution in [3.63, 3.8) is 0 Å². The summed E-state index contributed by atoms with van der Waals surface area (Å²) in [5.41, 5.74) is 4.68. The van der Waals surface area contributed by atoms with Gasteiger partial charge < -0.3 is 0 Å². The van der Waals surface area contributed by atoms with E-state index >= 15 is 0 Å². The Labute approximate surface area is 143 Å². The first-order chi connectivity index (χ1) is 11.0. The van der Waals surface area contributed by atoms with Gasteiger partial charge in [-0.25, -0.2) is 0 Å². The van der Waals surface area contributed by atoms with Crippen molar-refractivity contribution in [2.24, 2.45) is 22.7 Å². The van der Waals surface area contributed by atoms with Crippen LogP contribution in [-0.4, -0.2) is 0 Å². The van der Waals surface area contributed by atoms with Gasteiger partial charge in [0, 0.05) is 0 Å². The standard InChI is InChI=1S/C23H34/c1-5-11-23-15-21(23)20(14-22(23)12-6-13-22)19-9-7-18(8-10-19)17(4)16(2)3/h7-10,16-17,20-21H,5-6,11-15H2,1-4H3. The summed E-state index contributed by atoms with van der Waals surface area (Å²) in [5, 5.41) is 0. The van der Waals surface area contributed by atoms with Gasteiger partial charge in [0.1, 0.15) is 0 Å². The van der Waals surface area contributed by atoms with Crippen LogP contribution in [-0.2, 0) is 0 Å². The van der Waals surface area contributed by atoms with E-state index in [1.807, 2.05) is 0 Å².